The summed E-state index contributed by atoms with van der Waals surface area (Å²) in [6, 6.07) is 11.2. The Hall–Kier alpha value is -2.07. The van der Waals surface area contributed by atoms with Gasteiger partial charge in [0.25, 0.3) is 0 Å². The summed E-state index contributed by atoms with van der Waals surface area (Å²) in [5, 5.41) is 0. The van der Waals surface area contributed by atoms with Gasteiger partial charge < -0.3 is 15.2 Å². The van der Waals surface area contributed by atoms with E-state index in [1.807, 2.05) is 43.3 Å². The molecule has 1 aromatic carbocycles. The van der Waals surface area contributed by atoms with Gasteiger partial charge >= 0.3 is 0 Å². The van der Waals surface area contributed by atoms with Gasteiger partial charge in [0, 0.05) is 12.1 Å². The van der Waals surface area contributed by atoms with E-state index in [1.165, 1.54) is 0 Å². The molecule has 0 unspecified atom stereocenters. The van der Waals surface area contributed by atoms with Crippen LogP contribution < -0.4 is 15.2 Å². The Labute approximate surface area is 113 Å². The van der Waals surface area contributed by atoms with E-state index >= 15 is 0 Å². The highest BCUT2D eigenvalue weighted by Gasteiger charge is 2.05. The molecule has 2 aromatic rings. The molecular formula is C15H18N2O2. The molecule has 0 radical (unpaired) electrons. The molecule has 4 heteroatoms. The summed E-state index contributed by atoms with van der Waals surface area (Å²) in [7, 11) is 1.63. The van der Waals surface area contributed by atoms with Crippen LogP contribution in [-0.2, 0) is 0 Å². The Morgan fingerprint density at radius 2 is 1.95 bits per heavy atom. The number of rotatable bonds is 5. The van der Waals surface area contributed by atoms with Crippen molar-refractivity contribution in [3.8, 4) is 17.2 Å². The standard InChI is InChI=1S/C15H18N2O2/c1-3-14(16)15-8-7-13(10-17-15)19-12-6-4-5-11(9-12)18-2/h4-10,14H,3,16H2,1-2H3/t14-/m0/s1. The van der Waals surface area contributed by atoms with E-state index in [4.69, 9.17) is 15.2 Å². The number of aromatic nitrogens is 1. The summed E-state index contributed by atoms with van der Waals surface area (Å²) in [5.41, 5.74) is 6.79. The van der Waals surface area contributed by atoms with Crippen LogP contribution in [0, 0.1) is 0 Å². The second-order valence-electron chi connectivity index (χ2n) is 4.21. The summed E-state index contributed by atoms with van der Waals surface area (Å²) in [6.07, 6.45) is 2.55. The first kappa shape index (κ1) is 13.4. The molecule has 0 amide bonds. The zero-order valence-corrected chi connectivity index (χ0v) is 11.2. The molecule has 4 nitrogen and oxygen atoms in total. The molecule has 0 aliphatic heterocycles. The normalized spacial score (nSPS) is 11.9. The Morgan fingerprint density at radius 3 is 2.58 bits per heavy atom. The largest absolute Gasteiger partial charge is 0.497 e. The molecule has 0 saturated heterocycles. The summed E-state index contributed by atoms with van der Waals surface area (Å²) in [4.78, 5) is 4.31. The van der Waals surface area contributed by atoms with E-state index in [9.17, 15) is 0 Å². The van der Waals surface area contributed by atoms with Crippen molar-refractivity contribution in [1.82, 2.24) is 4.98 Å². The summed E-state index contributed by atoms with van der Waals surface area (Å²) < 4.78 is 10.9. The molecule has 0 fully saturated rings. The second-order valence-corrected chi connectivity index (χ2v) is 4.21. The quantitative estimate of drug-likeness (QED) is 0.894. The van der Waals surface area contributed by atoms with Crippen LogP contribution in [0.1, 0.15) is 25.1 Å². The predicted octanol–water partition coefficient (Wildman–Crippen LogP) is 3.29. The third kappa shape index (κ3) is 3.45. The third-order valence-corrected chi connectivity index (χ3v) is 2.86. The number of hydrogen-bond donors (Lipinski definition) is 1. The molecule has 100 valence electrons. The van der Waals surface area contributed by atoms with E-state index < -0.39 is 0 Å². The molecule has 0 saturated carbocycles. The lowest BCUT2D eigenvalue weighted by molar-refractivity contribution is 0.409. The van der Waals surface area contributed by atoms with Gasteiger partial charge in [-0.1, -0.05) is 13.0 Å². The first-order valence-corrected chi connectivity index (χ1v) is 6.26. The van der Waals surface area contributed by atoms with Crippen LogP contribution >= 0.6 is 0 Å². The third-order valence-electron chi connectivity index (χ3n) is 2.86. The van der Waals surface area contributed by atoms with Crippen LogP contribution in [-0.4, -0.2) is 12.1 Å². The first-order chi connectivity index (χ1) is 9.22. The van der Waals surface area contributed by atoms with Crippen molar-refractivity contribution in [3.05, 3.63) is 48.3 Å². The SMILES string of the molecule is CC[C@H](N)c1ccc(Oc2cccc(OC)c2)cn1. The van der Waals surface area contributed by atoms with E-state index in [-0.39, 0.29) is 6.04 Å². The number of benzene rings is 1. The van der Waals surface area contributed by atoms with Crippen molar-refractivity contribution in [2.75, 3.05) is 7.11 Å². The molecule has 1 heterocycles. The average Bonchev–Trinajstić information content (AvgIpc) is 2.47. The van der Waals surface area contributed by atoms with Crippen molar-refractivity contribution in [1.29, 1.82) is 0 Å². The van der Waals surface area contributed by atoms with Crippen molar-refractivity contribution in [2.45, 2.75) is 19.4 Å². The van der Waals surface area contributed by atoms with E-state index in [1.54, 1.807) is 13.3 Å². The van der Waals surface area contributed by atoms with Crippen molar-refractivity contribution < 1.29 is 9.47 Å². The fourth-order valence-electron chi connectivity index (χ4n) is 1.68. The maximum atomic E-state index is 5.91. The van der Waals surface area contributed by atoms with Crippen LogP contribution in [0.4, 0.5) is 0 Å². The van der Waals surface area contributed by atoms with E-state index in [0.29, 0.717) is 11.5 Å². The van der Waals surface area contributed by atoms with Crippen molar-refractivity contribution in [3.63, 3.8) is 0 Å². The lowest BCUT2D eigenvalue weighted by Crippen LogP contribution is -2.10. The molecule has 0 spiro atoms. The topological polar surface area (TPSA) is 57.4 Å². The predicted molar refractivity (Wildman–Crippen MR) is 74.5 cm³/mol. The van der Waals surface area contributed by atoms with Gasteiger partial charge in [0.05, 0.1) is 19.0 Å². The second kappa shape index (κ2) is 6.20. The molecule has 1 atom stereocenters. The molecule has 0 bridgehead atoms. The van der Waals surface area contributed by atoms with Crippen LogP contribution in [0.5, 0.6) is 17.2 Å². The van der Waals surface area contributed by atoms with Gasteiger partial charge in [0.1, 0.15) is 17.2 Å². The Morgan fingerprint density at radius 1 is 1.16 bits per heavy atom. The molecule has 1 aromatic heterocycles. The highest BCUT2D eigenvalue weighted by molar-refractivity contribution is 5.36. The highest BCUT2D eigenvalue weighted by atomic mass is 16.5. The number of nitrogens with zero attached hydrogens (tertiary/aromatic N) is 1. The number of hydrogen-bond acceptors (Lipinski definition) is 4. The Kier molecular flexibility index (Phi) is 4.36. The smallest absolute Gasteiger partial charge is 0.145 e. The lowest BCUT2D eigenvalue weighted by atomic mass is 10.1. The minimum atomic E-state index is -0.0223. The Balaban J connectivity index is 2.10. The van der Waals surface area contributed by atoms with Crippen LogP contribution in [0.3, 0.4) is 0 Å². The number of ether oxygens (including phenoxy) is 2. The van der Waals surface area contributed by atoms with Crippen LogP contribution in [0.2, 0.25) is 0 Å². The fraction of sp³-hybridized carbons (Fsp3) is 0.267. The van der Waals surface area contributed by atoms with Gasteiger partial charge in [-0.3, -0.25) is 4.98 Å². The summed E-state index contributed by atoms with van der Waals surface area (Å²) in [6.45, 7) is 2.03. The number of pyridine rings is 1. The zero-order chi connectivity index (χ0) is 13.7. The lowest BCUT2D eigenvalue weighted by Gasteiger charge is -2.10. The molecule has 2 rings (SSSR count). The first-order valence-electron chi connectivity index (χ1n) is 6.26. The minimum absolute atomic E-state index is 0.0223. The summed E-state index contributed by atoms with van der Waals surface area (Å²) in [5.74, 6) is 2.16. The molecule has 2 N–H and O–H groups in total. The van der Waals surface area contributed by atoms with E-state index in [2.05, 4.69) is 4.98 Å². The maximum absolute atomic E-state index is 5.91. The van der Waals surface area contributed by atoms with E-state index in [0.717, 1.165) is 17.9 Å². The maximum Gasteiger partial charge on any atom is 0.145 e. The molecular weight excluding hydrogens is 240 g/mol. The van der Waals surface area contributed by atoms with Gasteiger partial charge in [-0.2, -0.15) is 0 Å². The van der Waals surface area contributed by atoms with Gasteiger partial charge in [0.2, 0.25) is 0 Å². The highest BCUT2D eigenvalue weighted by Crippen LogP contribution is 2.25. The van der Waals surface area contributed by atoms with Gasteiger partial charge in [0.15, 0.2) is 0 Å². The monoisotopic (exact) mass is 258 g/mol. The zero-order valence-electron chi connectivity index (χ0n) is 11.2. The van der Waals surface area contributed by atoms with Crippen molar-refractivity contribution >= 4 is 0 Å². The number of nitrogens with two attached hydrogens (primary N) is 1. The van der Waals surface area contributed by atoms with Gasteiger partial charge in [-0.15, -0.1) is 0 Å². The molecule has 0 aliphatic carbocycles. The van der Waals surface area contributed by atoms with Gasteiger partial charge in [-0.25, -0.2) is 0 Å². The molecule has 19 heavy (non-hydrogen) atoms. The van der Waals surface area contributed by atoms with Crippen LogP contribution in [0.25, 0.3) is 0 Å². The fourth-order valence-corrected chi connectivity index (χ4v) is 1.68. The molecule has 0 aliphatic rings. The van der Waals surface area contributed by atoms with Crippen molar-refractivity contribution in [2.24, 2.45) is 5.73 Å². The summed E-state index contributed by atoms with van der Waals surface area (Å²) >= 11 is 0. The minimum Gasteiger partial charge on any atom is -0.497 e. The van der Waals surface area contributed by atoms with Gasteiger partial charge in [-0.05, 0) is 30.7 Å². The Bertz CT molecular complexity index is 526. The average molecular weight is 258 g/mol. The van der Waals surface area contributed by atoms with Crippen LogP contribution in [0.15, 0.2) is 42.6 Å². The number of methoxy groups -OCH3 is 1.